The zero-order chi connectivity index (χ0) is 13.8. The van der Waals surface area contributed by atoms with Crippen molar-refractivity contribution in [3.8, 4) is 0 Å². The summed E-state index contributed by atoms with van der Waals surface area (Å²) in [6.45, 7) is 7.10. The highest BCUT2D eigenvalue weighted by atomic mass is 19.2. The van der Waals surface area contributed by atoms with Gasteiger partial charge in [0.25, 0.3) is 0 Å². The molecule has 4 heteroatoms. The smallest absolute Gasteiger partial charge is 0.159 e. The quantitative estimate of drug-likeness (QED) is 0.817. The lowest BCUT2D eigenvalue weighted by Gasteiger charge is -2.22. The predicted octanol–water partition coefficient (Wildman–Crippen LogP) is 3.10. The van der Waals surface area contributed by atoms with Gasteiger partial charge in [-0.2, -0.15) is 0 Å². The maximum absolute atomic E-state index is 13.1. The Balaban J connectivity index is 1.79. The summed E-state index contributed by atoms with van der Waals surface area (Å²) in [5, 5.41) is 3.36. The van der Waals surface area contributed by atoms with Crippen molar-refractivity contribution < 1.29 is 8.78 Å². The molecule has 1 atom stereocenters. The maximum Gasteiger partial charge on any atom is 0.159 e. The van der Waals surface area contributed by atoms with E-state index in [9.17, 15) is 8.78 Å². The number of halogens is 2. The number of likely N-dealkylation sites (N-methyl/N-ethyl adjacent to an activating group) is 1. The molecule has 106 valence electrons. The van der Waals surface area contributed by atoms with Gasteiger partial charge >= 0.3 is 0 Å². The van der Waals surface area contributed by atoms with Crippen LogP contribution in [0.2, 0.25) is 0 Å². The van der Waals surface area contributed by atoms with Crippen molar-refractivity contribution in [2.45, 2.75) is 38.8 Å². The maximum atomic E-state index is 13.1. The van der Waals surface area contributed by atoms with E-state index < -0.39 is 11.6 Å². The first kappa shape index (κ1) is 14.4. The molecule has 1 aliphatic carbocycles. The van der Waals surface area contributed by atoms with Crippen LogP contribution in [0.25, 0.3) is 0 Å². The van der Waals surface area contributed by atoms with Gasteiger partial charge in [0.2, 0.25) is 0 Å². The van der Waals surface area contributed by atoms with Crippen molar-refractivity contribution in [3.05, 3.63) is 35.4 Å². The summed E-state index contributed by atoms with van der Waals surface area (Å²) < 4.78 is 26.0. The molecule has 1 aromatic carbocycles. The Kier molecular flexibility index (Phi) is 4.88. The number of nitrogens with one attached hydrogen (secondary N) is 1. The topological polar surface area (TPSA) is 15.3 Å². The zero-order valence-electron chi connectivity index (χ0n) is 11.6. The highest BCUT2D eigenvalue weighted by Gasteiger charge is 2.27. The van der Waals surface area contributed by atoms with Gasteiger partial charge in [-0.15, -0.1) is 0 Å². The normalized spacial score (nSPS) is 16.9. The van der Waals surface area contributed by atoms with E-state index in [1.807, 2.05) is 6.92 Å². The van der Waals surface area contributed by atoms with Crippen LogP contribution in [-0.2, 0) is 0 Å². The molecule has 1 saturated carbocycles. The van der Waals surface area contributed by atoms with E-state index in [1.165, 1.54) is 25.0 Å². The molecule has 1 aliphatic rings. The summed E-state index contributed by atoms with van der Waals surface area (Å²) in [6, 6.07) is 4.89. The van der Waals surface area contributed by atoms with Gasteiger partial charge in [-0.1, -0.05) is 13.0 Å². The zero-order valence-corrected chi connectivity index (χ0v) is 11.6. The molecule has 1 aromatic rings. The molecule has 0 bridgehead atoms. The minimum Gasteiger partial charge on any atom is -0.309 e. The first-order valence-corrected chi connectivity index (χ1v) is 7.04. The summed E-state index contributed by atoms with van der Waals surface area (Å²) >= 11 is 0. The molecule has 0 aromatic heterocycles. The molecule has 0 amide bonds. The van der Waals surface area contributed by atoms with Crippen LogP contribution in [0.3, 0.4) is 0 Å². The Hall–Kier alpha value is -1.00. The Morgan fingerprint density at radius 1 is 1.32 bits per heavy atom. The van der Waals surface area contributed by atoms with Crippen molar-refractivity contribution in [1.29, 1.82) is 0 Å². The van der Waals surface area contributed by atoms with E-state index in [0.717, 1.165) is 31.2 Å². The first-order chi connectivity index (χ1) is 9.11. The summed E-state index contributed by atoms with van der Waals surface area (Å²) in [5.74, 6) is -1.57. The van der Waals surface area contributed by atoms with Crippen LogP contribution in [0.15, 0.2) is 18.2 Å². The highest BCUT2D eigenvalue weighted by molar-refractivity contribution is 5.20. The molecule has 0 aliphatic heterocycles. The third-order valence-corrected chi connectivity index (χ3v) is 3.76. The van der Waals surface area contributed by atoms with Crippen LogP contribution in [0.4, 0.5) is 8.78 Å². The van der Waals surface area contributed by atoms with Crippen LogP contribution in [-0.4, -0.2) is 30.6 Å². The highest BCUT2D eigenvalue weighted by Crippen LogP contribution is 2.26. The van der Waals surface area contributed by atoms with Gasteiger partial charge in [0.05, 0.1) is 0 Å². The van der Waals surface area contributed by atoms with Gasteiger partial charge in [0.15, 0.2) is 11.6 Å². The molecule has 0 radical (unpaired) electrons. The van der Waals surface area contributed by atoms with Gasteiger partial charge in [-0.25, -0.2) is 8.78 Å². The van der Waals surface area contributed by atoms with Crippen LogP contribution in [0, 0.1) is 11.6 Å². The first-order valence-electron chi connectivity index (χ1n) is 7.04. The van der Waals surface area contributed by atoms with Crippen LogP contribution in [0.1, 0.15) is 38.3 Å². The molecule has 1 N–H and O–H groups in total. The van der Waals surface area contributed by atoms with Crippen molar-refractivity contribution in [2.24, 2.45) is 0 Å². The summed E-state index contributed by atoms with van der Waals surface area (Å²) in [4.78, 5) is 2.46. The molecule has 19 heavy (non-hydrogen) atoms. The van der Waals surface area contributed by atoms with E-state index >= 15 is 0 Å². The van der Waals surface area contributed by atoms with Crippen molar-refractivity contribution >= 4 is 0 Å². The van der Waals surface area contributed by atoms with Gasteiger partial charge in [0.1, 0.15) is 0 Å². The second-order valence-electron chi connectivity index (χ2n) is 5.21. The fraction of sp³-hybridized carbons (Fsp3) is 0.600. The third kappa shape index (κ3) is 3.98. The van der Waals surface area contributed by atoms with Crippen molar-refractivity contribution in [2.75, 3.05) is 19.6 Å². The van der Waals surface area contributed by atoms with E-state index in [0.29, 0.717) is 0 Å². The lowest BCUT2D eigenvalue weighted by atomic mass is 10.1. The number of hydrogen-bond donors (Lipinski definition) is 1. The van der Waals surface area contributed by atoms with E-state index in [2.05, 4.69) is 17.1 Å². The molecule has 2 rings (SSSR count). The number of nitrogens with zero attached hydrogens (tertiary/aromatic N) is 1. The predicted molar refractivity (Wildman–Crippen MR) is 73.0 cm³/mol. The monoisotopic (exact) mass is 268 g/mol. The summed E-state index contributed by atoms with van der Waals surface area (Å²) in [7, 11) is 0. The third-order valence-electron chi connectivity index (χ3n) is 3.76. The summed E-state index contributed by atoms with van der Waals surface area (Å²) in [5.41, 5.74) is 0.786. The fourth-order valence-corrected chi connectivity index (χ4v) is 2.36. The number of benzene rings is 1. The Labute approximate surface area is 113 Å². The van der Waals surface area contributed by atoms with Gasteiger partial charge in [-0.05, 0) is 44.0 Å². The number of hydrogen-bond acceptors (Lipinski definition) is 2. The average molecular weight is 268 g/mol. The molecule has 0 heterocycles. The molecule has 1 fully saturated rings. The molecule has 0 saturated heterocycles. The molecule has 0 spiro atoms. The molecular weight excluding hydrogens is 246 g/mol. The standard InChI is InChI=1S/C15H22F2N2/c1-3-19(13-5-6-13)9-8-18-11(2)12-4-7-14(16)15(17)10-12/h4,7,10-11,13,18H,3,5-6,8-9H2,1-2H3. The SMILES string of the molecule is CCN(CCNC(C)c1ccc(F)c(F)c1)C1CC1. The molecule has 1 unspecified atom stereocenters. The molecule has 2 nitrogen and oxygen atoms in total. The van der Waals surface area contributed by atoms with E-state index in [4.69, 9.17) is 0 Å². The Morgan fingerprint density at radius 2 is 2.05 bits per heavy atom. The Bertz CT molecular complexity index is 419. The van der Waals surface area contributed by atoms with E-state index in [1.54, 1.807) is 6.07 Å². The second kappa shape index (κ2) is 6.44. The Morgan fingerprint density at radius 3 is 2.63 bits per heavy atom. The van der Waals surface area contributed by atoms with Crippen LogP contribution >= 0.6 is 0 Å². The van der Waals surface area contributed by atoms with Crippen molar-refractivity contribution in [1.82, 2.24) is 10.2 Å². The average Bonchev–Trinajstić information content (AvgIpc) is 3.22. The van der Waals surface area contributed by atoms with E-state index in [-0.39, 0.29) is 6.04 Å². The lowest BCUT2D eigenvalue weighted by molar-refractivity contribution is 0.273. The number of rotatable bonds is 7. The fourth-order valence-electron chi connectivity index (χ4n) is 2.36. The van der Waals surface area contributed by atoms with Gasteiger partial charge in [-0.3, -0.25) is 4.90 Å². The van der Waals surface area contributed by atoms with Crippen LogP contribution < -0.4 is 5.32 Å². The van der Waals surface area contributed by atoms with Gasteiger partial charge < -0.3 is 5.32 Å². The van der Waals surface area contributed by atoms with Gasteiger partial charge in [0, 0.05) is 25.2 Å². The minimum atomic E-state index is -0.790. The minimum absolute atomic E-state index is 0.0352. The van der Waals surface area contributed by atoms with Crippen molar-refractivity contribution in [3.63, 3.8) is 0 Å². The summed E-state index contributed by atoms with van der Waals surface area (Å²) in [6.07, 6.45) is 2.62. The largest absolute Gasteiger partial charge is 0.309 e. The van der Waals surface area contributed by atoms with Crippen LogP contribution in [0.5, 0.6) is 0 Å². The lowest BCUT2D eigenvalue weighted by Crippen LogP contribution is -2.34. The molecular formula is C15H22F2N2. The second-order valence-corrected chi connectivity index (χ2v) is 5.21.